The number of rotatable bonds is 8. The van der Waals surface area contributed by atoms with Gasteiger partial charge < -0.3 is 9.47 Å². The molecule has 138 valence electrons. The lowest BCUT2D eigenvalue weighted by Gasteiger charge is -2.32. The fourth-order valence-electron chi connectivity index (χ4n) is 2.95. The van der Waals surface area contributed by atoms with Crippen LogP contribution in [-0.2, 0) is 26.5 Å². The molecule has 3 rings (SSSR count). The Morgan fingerprint density at radius 3 is 2.00 bits per heavy atom. The maximum atomic E-state index is 13.4. The van der Waals surface area contributed by atoms with Gasteiger partial charge in [-0.15, -0.1) is 0 Å². The standard InChI is InChI=1S/C23H23NO3/c1-2-17-27-23(19-11-5-3-6-12-19,20-13-7-4-8-14-20)22(25)26-18-21-15-9-10-16-24-21/h3-16H,2,17-18H2,1H3. The van der Waals surface area contributed by atoms with Crippen LogP contribution in [0.3, 0.4) is 0 Å². The van der Waals surface area contributed by atoms with Crippen molar-refractivity contribution < 1.29 is 14.3 Å². The highest BCUT2D eigenvalue weighted by Crippen LogP contribution is 2.35. The number of esters is 1. The summed E-state index contributed by atoms with van der Waals surface area (Å²) >= 11 is 0. The molecule has 4 heteroatoms. The Bertz CT molecular complexity index is 796. The highest BCUT2D eigenvalue weighted by molar-refractivity contribution is 5.85. The molecule has 1 aromatic heterocycles. The van der Waals surface area contributed by atoms with E-state index in [0.717, 1.165) is 17.5 Å². The molecule has 0 bridgehead atoms. The molecule has 0 N–H and O–H groups in total. The van der Waals surface area contributed by atoms with Crippen LogP contribution in [0.5, 0.6) is 0 Å². The lowest BCUT2D eigenvalue weighted by atomic mass is 9.86. The minimum Gasteiger partial charge on any atom is -0.457 e. The van der Waals surface area contributed by atoms with Gasteiger partial charge in [-0.25, -0.2) is 4.79 Å². The fraction of sp³-hybridized carbons (Fsp3) is 0.217. The third-order valence-corrected chi connectivity index (χ3v) is 4.25. The zero-order valence-electron chi connectivity index (χ0n) is 15.4. The summed E-state index contributed by atoms with van der Waals surface area (Å²) in [5.41, 5.74) is 0.871. The summed E-state index contributed by atoms with van der Waals surface area (Å²) in [7, 11) is 0. The van der Waals surface area contributed by atoms with Crippen LogP contribution in [0, 0.1) is 0 Å². The van der Waals surface area contributed by atoms with Crippen LogP contribution in [0.1, 0.15) is 30.2 Å². The fourth-order valence-corrected chi connectivity index (χ4v) is 2.95. The maximum absolute atomic E-state index is 13.4. The molecule has 0 aliphatic heterocycles. The number of ether oxygens (including phenoxy) is 2. The second-order valence-corrected chi connectivity index (χ2v) is 6.16. The topological polar surface area (TPSA) is 48.4 Å². The van der Waals surface area contributed by atoms with E-state index in [2.05, 4.69) is 4.98 Å². The summed E-state index contributed by atoms with van der Waals surface area (Å²) in [6.45, 7) is 2.54. The molecule has 3 aromatic rings. The van der Waals surface area contributed by atoms with Crippen molar-refractivity contribution in [3.63, 3.8) is 0 Å². The largest absolute Gasteiger partial charge is 0.457 e. The highest BCUT2D eigenvalue weighted by Gasteiger charge is 2.45. The van der Waals surface area contributed by atoms with E-state index in [1.54, 1.807) is 6.20 Å². The number of carbonyl (C=O) groups is 1. The van der Waals surface area contributed by atoms with Gasteiger partial charge in [0, 0.05) is 12.8 Å². The van der Waals surface area contributed by atoms with E-state index in [-0.39, 0.29) is 6.61 Å². The molecule has 27 heavy (non-hydrogen) atoms. The van der Waals surface area contributed by atoms with Crippen LogP contribution < -0.4 is 0 Å². The molecule has 0 radical (unpaired) electrons. The first-order chi connectivity index (χ1) is 13.3. The lowest BCUT2D eigenvalue weighted by Crippen LogP contribution is -2.41. The predicted octanol–water partition coefficient (Wildman–Crippen LogP) is 4.50. The molecule has 4 nitrogen and oxygen atoms in total. The van der Waals surface area contributed by atoms with Gasteiger partial charge in [0.15, 0.2) is 0 Å². The van der Waals surface area contributed by atoms with Crippen molar-refractivity contribution >= 4 is 5.97 Å². The number of nitrogens with zero attached hydrogens (tertiary/aromatic N) is 1. The number of aromatic nitrogens is 1. The van der Waals surface area contributed by atoms with Crippen molar-refractivity contribution in [2.45, 2.75) is 25.6 Å². The number of hydrogen-bond acceptors (Lipinski definition) is 4. The minimum atomic E-state index is -1.31. The second kappa shape index (κ2) is 9.10. The normalized spacial score (nSPS) is 11.1. The van der Waals surface area contributed by atoms with E-state index in [1.807, 2.05) is 85.8 Å². The molecular formula is C23H23NO3. The van der Waals surface area contributed by atoms with Crippen LogP contribution in [-0.4, -0.2) is 17.6 Å². The smallest absolute Gasteiger partial charge is 0.348 e. The van der Waals surface area contributed by atoms with Crippen molar-refractivity contribution in [2.24, 2.45) is 0 Å². The summed E-state index contributed by atoms with van der Waals surface area (Å²) in [5, 5.41) is 0. The molecular weight excluding hydrogens is 338 g/mol. The van der Waals surface area contributed by atoms with E-state index in [0.29, 0.717) is 12.3 Å². The molecule has 0 aliphatic carbocycles. The molecule has 0 spiro atoms. The van der Waals surface area contributed by atoms with E-state index in [9.17, 15) is 4.79 Å². The number of benzene rings is 2. The highest BCUT2D eigenvalue weighted by atomic mass is 16.6. The first-order valence-corrected chi connectivity index (χ1v) is 9.09. The van der Waals surface area contributed by atoms with Crippen molar-refractivity contribution in [2.75, 3.05) is 6.61 Å². The monoisotopic (exact) mass is 361 g/mol. The molecule has 0 saturated heterocycles. The van der Waals surface area contributed by atoms with Crippen LogP contribution in [0.2, 0.25) is 0 Å². The lowest BCUT2D eigenvalue weighted by molar-refractivity contribution is -0.170. The SMILES string of the molecule is CCCOC(C(=O)OCc1ccccn1)(c1ccccc1)c1ccccc1. The van der Waals surface area contributed by atoms with Gasteiger partial charge in [0.05, 0.1) is 5.69 Å². The van der Waals surface area contributed by atoms with Crippen LogP contribution in [0.15, 0.2) is 85.1 Å². The third-order valence-electron chi connectivity index (χ3n) is 4.25. The Morgan fingerprint density at radius 2 is 1.48 bits per heavy atom. The van der Waals surface area contributed by atoms with Crippen LogP contribution >= 0.6 is 0 Å². The Labute approximate surface area is 159 Å². The molecule has 0 aliphatic rings. The van der Waals surface area contributed by atoms with Crippen LogP contribution in [0.25, 0.3) is 0 Å². The van der Waals surface area contributed by atoms with Gasteiger partial charge in [-0.2, -0.15) is 0 Å². The van der Waals surface area contributed by atoms with E-state index in [4.69, 9.17) is 9.47 Å². The van der Waals surface area contributed by atoms with E-state index in [1.165, 1.54) is 0 Å². The molecule has 0 fully saturated rings. The van der Waals surface area contributed by atoms with Crippen molar-refractivity contribution in [3.05, 3.63) is 102 Å². The van der Waals surface area contributed by atoms with E-state index >= 15 is 0 Å². The summed E-state index contributed by atoms with van der Waals surface area (Å²) in [5.74, 6) is -0.445. The van der Waals surface area contributed by atoms with Crippen molar-refractivity contribution in [1.82, 2.24) is 4.98 Å². The van der Waals surface area contributed by atoms with Gasteiger partial charge in [-0.1, -0.05) is 73.7 Å². The first kappa shape index (κ1) is 18.8. The Hall–Kier alpha value is -2.98. The summed E-state index contributed by atoms with van der Waals surface area (Å²) < 4.78 is 11.9. The second-order valence-electron chi connectivity index (χ2n) is 6.16. The molecule has 1 heterocycles. The van der Waals surface area contributed by atoms with Crippen LogP contribution in [0.4, 0.5) is 0 Å². The Kier molecular flexibility index (Phi) is 6.34. The molecule has 0 amide bonds. The van der Waals surface area contributed by atoms with E-state index < -0.39 is 11.6 Å². The number of carbonyl (C=O) groups excluding carboxylic acids is 1. The Balaban J connectivity index is 2.00. The predicted molar refractivity (Wildman–Crippen MR) is 104 cm³/mol. The minimum absolute atomic E-state index is 0.0938. The zero-order chi connectivity index (χ0) is 19.0. The Morgan fingerprint density at radius 1 is 0.889 bits per heavy atom. The summed E-state index contributed by atoms with van der Waals surface area (Å²) in [6.07, 6.45) is 2.47. The molecule has 2 aromatic carbocycles. The van der Waals surface area contributed by atoms with Gasteiger partial charge in [0.2, 0.25) is 5.60 Å². The molecule has 0 saturated carbocycles. The van der Waals surface area contributed by atoms with Crippen molar-refractivity contribution in [3.8, 4) is 0 Å². The van der Waals surface area contributed by atoms with Gasteiger partial charge in [-0.05, 0) is 29.7 Å². The molecule has 0 unspecified atom stereocenters. The van der Waals surface area contributed by atoms with Gasteiger partial charge in [0.1, 0.15) is 6.61 Å². The zero-order valence-corrected chi connectivity index (χ0v) is 15.4. The summed E-state index contributed by atoms with van der Waals surface area (Å²) in [6, 6.07) is 24.5. The third kappa shape index (κ3) is 4.23. The quantitative estimate of drug-likeness (QED) is 0.555. The van der Waals surface area contributed by atoms with Gasteiger partial charge >= 0.3 is 5.97 Å². The number of hydrogen-bond donors (Lipinski definition) is 0. The van der Waals surface area contributed by atoms with Crippen molar-refractivity contribution in [1.29, 1.82) is 0 Å². The average molecular weight is 361 g/mol. The van der Waals surface area contributed by atoms with Gasteiger partial charge in [-0.3, -0.25) is 4.98 Å². The average Bonchev–Trinajstić information content (AvgIpc) is 2.75. The van der Waals surface area contributed by atoms with Gasteiger partial charge in [0.25, 0.3) is 0 Å². The summed E-state index contributed by atoms with van der Waals surface area (Å²) in [4.78, 5) is 17.6. The maximum Gasteiger partial charge on any atom is 0.348 e. The number of pyridine rings is 1. The first-order valence-electron chi connectivity index (χ1n) is 9.09. The molecule has 0 atom stereocenters.